The number of aliphatic hydroxyl groups excluding tert-OH is 1. The van der Waals surface area contributed by atoms with Crippen molar-refractivity contribution in [3.63, 3.8) is 0 Å². The van der Waals surface area contributed by atoms with Crippen molar-refractivity contribution in [2.45, 2.75) is 6.04 Å². The summed E-state index contributed by atoms with van der Waals surface area (Å²) in [5.74, 6) is -3.12. The summed E-state index contributed by atoms with van der Waals surface area (Å²) in [4.78, 5) is 25.5. The second-order valence-corrected chi connectivity index (χ2v) is 3.40. The summed E-state index contributed by atoms with van der Waals surface area (Å²) in [6, 6.07) is -0.664. The number of nitrogens with one attached hydrogen (secondary N) is 1. The molecule has 0 fully saturated rings. The highest BCUT2D eigenvalue weighted by Crippen LogP contribution is 2.13. The van der Waals surface area contributed by atoms with E-state index in [-0.39, 0.29) is 10.7 Å². The number of carboxylic acid groups (broad SMARTS) is 1. The van der Waals surface area contributed by atoms with Crippen LogP contribution < -0.4 is 5.32 Å². The van der Waals surface area contributed by atoms with E-state index >= 15 is 0 Å². The van der Waals surface area contributed by atoms with Crippen molar-refractivity contribution in [2.75, 3.05) is 6.61 Å². The number of aromatic nitrogens is 1. The Bertz CT molecular complexity index is 455. The van der Waals surface area contributed by atoms with Gasteiger partial charge in [0.25, 0.3) is 5.91 Å². The fourth-order valence-electron chi connectivity index (χ4n) is 1.00. The van der Waals surface area contributed by atoms with Crippen molar-refractivity contribution >= 4 is 23.5 Å². The lowest BCUT2D eigenvalue weighted by atomic mass is 10.2. The number of rotatable bonds is 4. The van der Waals surface area contributed by atoms with Crippen LogP contribution in [0.3, 0.4) is 0 Å². The molecule has 1 amide bonds. The molecule has 0 aliphatic rings. The molecule has 1 heterocycles. The van der Waals surface area contributed by atoms with Gasteiger partial charge in [-0.15, -0.1) is 0 Å². The van der Waals surface area contributed by atoms with Crippen molar-refractivity contribution in [3.8, 4) is 0 Å². The number of pyridine rings is 1. The van der Waals surface area contributed by atoms with E-state index < -0.39 is 30.3 Å². The lowest BCUT2D eigenvalue weighted by Gasteiger charge is -2.11. The van der Waals surface area contributed by atoms with Gasteiger partial charge in [0.05, 0.1) is 18.4 Å². The summed E-state index contributed by atoms with van der Waals surface area (Å²) in [6.45, 7) is -0.790. The molecule has 0 spiro atoms. The van der Waals surface area contributed by atoms with E-state index in [9.17, 15) is 14.0 Å². The third-order valence-electron chi connectivity index (χ3n) is 1.84. The highest BCUT2D eigenvalue weighted by atomic mass is 35.5. The van der Waals surface area contributed by atoms with Crippen LogP contribution >= 0.6 is 11.6 Å². The summed E-state index contributed by atoms with van der Waals surface area (Å²) in [6.07, 6.45) is 0.819. The Morgan fingerprint density at radius 2 is 2.24 bits per heavy atom. The molecule has 17 heavy (non-hydrogen) atoms. The Hall–Kier alpha value is -1.73. The second kappa shape index (κ2) is 5.55. The number of hydrogen-bond acceptors (Lipinski definition) is 4. The number of carbonyl (C=O) groups excluding carboxylic acids is 1. The first-order chi connectivity index (χ1) is 7.95. The number of halogens is 2. The van der Waals surface area contributed by atoms with Gasteiger partial charge in [0, 0.05) is 0 Å². The predicted octanol–water partition coefficient (Wildman–Crippen LogP) is 0.0494. The van der Waals surface area contributed by atoms with Gasteiger partial charge < -0.3 is 15.5 Å². The number of hydrogen-bond donors (Lipinski definition) is 3. The second-order valence-electron chi connectivity index (χ2n) is 3.04. The molecule has 0 aliphatic carbocycles. The summed E-state index contributed by atoms with van der Waals surface area (Å²) in [7, 11) is 0. The summed E-state index contributed by atoms with van der Waals surface area (Å²) >= 11 is 5.55. The predicted molar refractivity (Wildman–Crippen MR) is 55.2 cm³/mol. The average Bonchev–Trinajstić information content (AvgIpc) is 2.28. The van der Waals surface area contributed by atoms with Gasteiger partial charge in [0.2, 0.25) is 0 Å². The van der Waals surface area contributed by atoms with Crippen LogP contribution in [0.4, 0.5) is 4.39 Å². The SMILES string of the molecule is O=C(N[C@H](CO)C(=O)O)c1cc(F)cnc1Cl. The van der Waals surface area contributed by atoms with E-state index in [0.717, 1.165) is 12.3 Å². The van der Waals surface area contributed by atoms with Crippen LogP contribution in [0.25, 0.3) is 0 Å². The van der Waals surface area contributed by atoms with Gasteiger partial charge in [-0.3, -0.25) is 4.79 Å². The highest BCUT2D eigenvalue weighted by molar-refractivity contribution is 6.32. The first-order valence-corrected chi connectivity index (χ1v) is 4.79. The molecular weight excluding hydrogens is 255 g/mol. The summed E-state index contributed by atoms with van der Waals surface area (Å²) in [5, 5.41) is 19.0. The molecule has 92 valence electrons. The molecule has 6 nitrogen and oxygen atoms in total. The maximum Gasteiger partial charge on any atom is 0.328 e. The van der Waals surface area contributed by atoms with Crippen molar-refractivity contribution < 1.29 is 24.2 Å². The Labute approximate surface area is 100 Å². The largest absolute Gasteiger partial charge is 0.480 e. The molecule has 0 aromatic carbocycles. The minimum Gasteiger partial charge on any atom is -0.480 e. The molecule has 1 rings (SSSR count). The van der Waals surface area contributed by atoms with E-state index in [1.54, 1.807) is 0 Å². The molecule has 1 aromatic heterocycles. The molecule has 0 radical (unpaired) electrons. The highest BCUT2D eigenvalue weighted by Gasteiger charge is 2.21. The van der Waals surface area contributed by atoms with E-state index in [1.165, 1.54) is 0 Å². The van der Waals surface area contributed by atoms with E-state index in [2.05, 4.69) is 4.98 Å². The molecule has 0 unspecified atom stereocenters. The smallest absolute Gasteiger partial charge is 0.328 e. The third kappa shape index (κ3) is 3.36. The molecular formula is C9H8ClFN2O4. The number of nitrogens with zero attached hydrogens (tertiary/aromatic N) is 1. The number of carboxylic acids is 1. The Balaban J connectivity index is 2.89. The van der Waals surface area contributed by atoms with Crippen LogP contribution in [0.15, 0.2) is 12.3 Å². The number of aliphatic carboxylic acids is 1. The first kappa shape index (κ1) is 13.3. The average molecular weight is 263 g/mol. The minimum absolute atomic E-state index is 0.258. The zero-order chi connectivity index (χ0) is 13.0. The minimum atomic E-state index is -1.48. The fourth-order valence-corrected chi connectivity index (χ4v) is 1.19. The molecule has 0 saturated carbocycles. The molecule has 0 bridgehead atoms. The maximum atomic E-state index is 12.8. The van der Waals surface area contributed by atoms with Crippen molar-refractivity contribution in [1.29, 1.82) is 0 Å². The van der Waals surface area contributed by atoms with Crippen LogP contribution in [-0.4, -0.2) is 39.7 Å². The number of amides is 1. The molecule has 0 aliphatic heterocycles. The maximum absolute atomic E-state index is 12.8. The molecule has 0 saturated heterocycles. The fraction of sp³-hybridized carbons (Fsp3) is 0.222. The Morgan fingerprint density at radius 3 is 2.76 bits per heavy atom. The lowest BCUT2D eigenvalue weighted by molar-refractivity contribution is -0.140. The Kier molecular flexibility index (Phi) is 4.36. The van der Waals surface area contributed by atoms with Crippen molar-refractivity contribution in [1.82, 2.24) is 10.3 Å². The first-order valence-electron chi connectivity index (χ1n) is 4.41. The van der Waals surface area contributed by atoms with E-state index in [1.807, 2.05) is 5.32 Å². The van der Waals surface area contributed by atoms with Crippen molar-refractivity contribution in [2.24, 2.45) is 0 Å². The van der Waals surface area contributed by atoms with Gasteiger partial charge in [0.15, 0.2) is 6.04 Å². The van der Waals surface area contributed by atoms with Crippen LogP contribution in [0, 0.1) is 5.82 Å². The molecule has 1 aromatic rings. The standard InChI is InChI=1S/C9H8ClFN2O4/c10-7-5(1-4(11)2-12-7)8(15)13-6(3-14)9(16)17/h1-2,6,14H,3H2,(H,13,15)(H,16,17)/t6-/m1/s1. The third-order valence-corrected chi connectivity index (χ3v) is 2.14. The van der Waals surface area contributed by atoms with Gasteiger partial charge >= 0.3 is 5.97 Å². The van der Waals surface area contributed by atoms with Gasteiger partial charge in [-0.1, -0.05) is 11.6 Å². The zero-order valence-electron chi connectivity index (χ0n) is 8.35. The van der Waals surface area contributed by atoms with Crippen LogP contribution in [0.5, 0.6) is 0 Å². The quantitative estimate of drug-likeness (QED) is 0.666. The van der Waals surface area contributed by atoms with Crippen LogP contribution in [0.2, 0.25) is 5.15 Å². The van der Waals surface area contributed by atoms with E-state index in [0.29, 0.717) is 0 Å². The lowest BCUT2D eigenvalue weighted by Crippen LogP contribution is -2.43. The van der Waals surface area contributed by atoms with Crippen LogP contribution in [-0.2, 0) is 4.79 Å². The number of aliphatic hydroxyl groups is 1. The normalized spacial score (nSPS) is 11.9. The van der Waals surface area contributed by atoms with Crippen molar-refractivity contribution in [3.05, 3.63) is 28.8 Å². The van der Waals surface area contributed by atoms with Gasteiger partial charge in [-0.05, 0) is 6.07 Å². The van der Waals surface area contributed by atoms with Gasteiger partial charge in [0.1, 0.15) is 11.0 Å². The molecule has 1 atom stereocenters. The zero-order valence-corrected chi connectivity index (χ0v) is 9.11. The van der Waals surface area contributed by atoms with Gasteiger partial charge in [-0.2, -0.15) is 0 Å². The molecule has 8 heteroatoms. The topological polar surface area (TPSA) is 99.5 Å². The Morgan fingerprint density at radius 1 is 1.59 bits per heavy atom. The van der Waals surface area contributed by atoms with E-state index in [4.69, 9.17) is 21.8 Å². The number of carbonyl (C=O) groups is 2. The van der Waals surface area contributed by atoms with Gasteiger partial charge in [-0.25, -0.2) is 14.2 Å². The summed E-state index contributed by atoms with van der Waals surface area (Å²) in [5.41, 5.74) is -0.300. The monoisotopic (exact) mass is 262 g/mol. The summed E-state index contributed by atoms with van der Waals surface area (Å²) < 4.78 is 12.8. The van der Waals surface area contributed by atoms with Crippen LogP contribution in [0.1, 0.15) is 10.4 Å². The molecule has 3 N–H and O–H groups in total.